The third-order valence-corrected chi connectivity index (χ3v) is 3.69. The smallest absolute Gasteiger partial charge is 0.152 e. The molecule has 4 saturated heterocycles. The van der Waals surface area contributed by atoms with E-state index in [2.05, 4.69) is 4.90 Å². The van der Waals surface area contributed by atoms with Crippen LogP contribution in [0.5, 0.6) is 0 Å². The van der Waals surface area contributed by atoms with Crippen molar-refractivity contribution in [3.63, 3.8) is 0 Å². The van der Waals surface area contributed by atoms with Crippen LogP contribution in [0.15, 0.2) is 0 Å². The summed E-state index contributed by atoms with van der Waals surface area (Å²) in [4.78, 5) is 14.0. The topological polar surface area (TPSA) is 43.4 Å². The first kappa shape index (κ1) is 7.91. The fraction of sp³-hybridized carbons (Fsp3) is 0.889. The van der Waals surface area contributed by atoms with E-state index in [0.29, 0.717) is 25.4 Å². The van der Waals surface area contributed by atoms with Gasteiger partial charge in [-0.2, -0.15) is 0 Å². The summed E-state index contributed by atoms with van der Waals surface area (Å²) < 4.78 is -0.0996. The fourth-order valence-electron chi connectivity index (χ4n) is 3.07. The van der Waals surface area contributed by atoms with E-state index in [4.69, 9.17) is 0 Å². The lowest BCUT2D eigenvalue weighted by atomic mass is 9.84. The summed E-state index contributed by atoms with van der Waals surface area (Å²) in [5, 5.41) is 12.1. The number of nitrogens with zero attached hydrogens (tertiary/aromatic N) is 2. The Morgan fingerprint density at radius 3 is 2.54 bits per heavy atom. The molecule has 4 aliphatic heterocycles. The number of quaternary nitrogens is 1. The molecule has 4 heteroatoms. The Kier molecular flexibility index (Phi) is 1.41. The van der Waals surface area contributed by atoms with Gasteiger partial charge in [-0.25, -0.2) is 0 Å². The minimum Gasteiger partial charge on any atom is -0.633 e. The van der Waals surface area contributed by atoms with Gasteiger partial charge in [0.1, 0.15) is 0 Å². The highest BCUT2D eigenvalue weighted by molar-refractivity contribution is 5.85. The van der Waals surface area contributed by atoms with Gasteiger partial charge in [0.25, 0.3) is 0 Å². The van der Waals surface area contributed by atoms with E-state index in [1.54, 1.807) is 0 Å². The normalized spacial score (nSPS) is 53.9. The molecule has 72 valence electrons. The highest BCUT2D eigenvalue weighted by atomic mass is 16.5. The van der Waals surface area contributed by atoms with Gasteiger partial charge in [-0.05, 0) is 0 Å². The minimum absolute atomic E-state index is 0.0486. The lowest BCUT2D eigenvalue weighted by molar-refractivity contribution is -0.884. The average molecular weight is 182 g/mol. The minimum atomic E-state index is -0.0996. The van der Waals surface area contributed by atoms with E-state index in [9.17, 15) is 10.0 Å². The molecule has 0 spiro atoms. The monoisotopic (exact) mass is 182 g/mol. The molecule has 2 unspecified atom stereocenters. The van der Waals surface area contributed by atoms with Crippen LogP contribution < -0.4 is 0 Å². The lowest BCUT2D eigenvalue weighted by Gasteiger charge is -2.49. The van der Waals surface area contributed by atoms with Crippen LogP contribution in [-0.4, -0.2) is 54.6 Å². The number of piperidine rings is 2. The quantitative estimate of drug-likeness (QED) is 0.373. The van der Waals surface area contributed by atoms with E-state index in [1.165, 1.54) is 0 Å². The molecule has 0 saturated carbocycles. The Morgan fingerprint density at radius 2 is 1.92 bits per heavy atom. The van der Waals surface area contributed by atoms with Crippen LogP contribution in [0.1, 0.15) is 0 Å². The molecule has 4 rings (SSSR count). The van der Waals surface area contributed by atoms with Crippen molar-refractivity contribution in [2.75, 3.05) is 39.3 Å². The molecule has 0 N–H and O–H groups in total. The predicted octanol–water partition coefficient (Wildman–Crippen LogP) is -0.555. The van der Waals surface area contributed by atoms with E-state index in [-0.39, 0.29) is 16.5 Å². The zero-order chi connectivity index (χ0) is 9.05. The molecule has 0 aromatic carbocycles. The van der Waals surface area contributed by atoms with Crippen molar-refractivity contribution in [1.29, 1.82) is 0 Å². The van der Waals surface area contributed by atoms with Crippen LogP contribution in [0, 0.1) is 17.0 Å². The standard InChI is InChI=1S/C9H14N2O2/c12-9-7-3-10-1-2-11(13,5-7)6-8(9)4-10/h7-8H,1-6H2/t7-,8+,11?. The van der Waals surface area contributed by atoms with Gasteiger partial charge in [-0.15, -0.1) is 0 Å². The predicted molar refractivity (Wildman–Crippen MR) is 46.7 cm³/mol. The van der Waals surface area contributed by atoms with Crippen molar-refractivity contribution < 1.29 is 9.44 Å². The van der Waals surface area contributed by atoms with E-state index < -0.39 is 0 Å². The van der Waals surface area contributed by atoms with Crippen LogP contribution in [0.4, 0.5) is 0 Å². The van der Waals surface area contributed by atoms with Gasteiger partial charge in [-0.3, -0.25) is 9.69 Å². The summed E-state index contributed by atoms with van der Waals surface area (Å²) >= 11 is 0. The van der Waals surface area contributed by atoms with Crippen molar-refractivity contribution in [3.05, 3.63) is 5.21 Å². The number of rotatable bonds is 0. The van der Waals surface area contributed by atoms with E-state index >= 15 is 0 Å². The van der Waals surface area contributed by atoms with Crippen molar-refractivity contribution >= 4 is 5.78 Å². The maximum absolute atomic E-state index is 12.1. The molecular weight excluding hydrogens is 168 g/mol. The summed E-state index contributed by atoms with van der Waals surface area (Å²) in [7, 11) is 0. The molecule has 0 aliphatic carbocycles. The molecular formula is C9H14N2O2. The molecule has 0 aromatic rings. The summed E-state index contributed by atoms with van der Waals surface area (Å²) in [6.07, 6.45) is 0. The first-order valence-electron chi connectivity index (χ1n) is 4.99. The third-order valence-electron chi connectivity index (χ3n) is 3.69. The molecule has 13 heavy (non-hydrogen) atoms. The SMILES string of the molecule is O=C1[C@@H]2CN3CC[N+]([O-])(C2)C[C@@H]1C3. The molecule has 0 radical (unpaired) electrons. The first-order chi connectivity index (χ1) is 6.16. The molecule has 4 fully saturated rings. The highest BCUT2D eigenvalue weighted by Gasteiger charge is 2.48. The van der Waals surface area contributed by atoms with Gasteiger partial charge < -0.3 is 9.85 Å². The summed E-state index contributed by atoms with van der Waals surface area (Å²) in [5.41, 5.74) is 0. The zero-order valence-corrected chi connectivity index (χ0v) is 7.61. The van der Waals surface area contributed by atoms with Gasteiger partial charge in [0.15, 0.2) is 5.78 Å². The number of Topliss-reactive ketones (excluding diaryl/α,β-unsaturated/α-hetero) is 1. The second-order valence-electron chi connectivity index (χ2n) is 4.70. The molecule has 0 aromatic heterocycles. The second kappa shape index (κ2) is 2.32. The Bertz CT molecular complexity index is 248. The Balaban J connectivity index is 2.00. The van der Waals surface area contributed by atoms with Crippen molar-refractivity contribution in [2.24, 2.45) is 11.8 Å². The number of carbonyl (C=O) groups excluding carboxylic acids is 1. The van der Waals surface area contributed by atoms with Crippen molar-refractivity contribution in [3.8, 4) is 0 Å². The highest BCUT2D eigenvalue weighted by Crippen LogP contribution is 2.32. The summed E-state index contributed by atoms with van der Waals surface area (Å²) in [5.74, 6) is 0.461. The van der Waals surface area contributed by atoms with Crippen LogP contribution in [0.2, 0.25) is 0 Å². The Hall–Kier alpha value is -0.450. The molecule has 4 bridgehead atoms. The van der Waals surface area contributed by atoms with Gasteiger partial charge in [0.2, 0.25) is 0 Å². The molecule has 4 atom stereocenters. The van der Waals surface area contributed by atoms with Crippen LogP contribution in [0.25, 0.3) is 0 Å². The van der Waals surface area contributed by atoms with E-state index in [1.807, 2.05) is 0 Å². The number of hydroxylamine groups is 3. The fourth-order valence-corrected chi connectivity index (χ4v) is 3.07. The summed E-state index contributed by atoms with van der Waals surface area (Å²) in [6.45, 7) is 4.37. The van der Waals surface area contributed by atoms with Gasteiger partial charge >= 0.3 is 0 Å². The maximum atomic E-state index is 12.1. The van der Waals surface area contributed by atoms with Gasteiger partial charge in [-0.1, -0.05) is 0 Å². The van der Waals surface area contributed by atoms with Gasteiger partial charge in [0, 0.05) is 19.6 Å². The largest absolute Gasteiger partial charge is 0.633 e. The number of carbonyl (C=O) groups is 1. The molecule has 0 amide bonds. The number of hydrogen-bond donors (Lipinski definition) is 0. The maximum Gasteiger partial charge on any atom is 0.152 e. The van der Waals surface area contributed by atoms with Crippen LogP contribution in [0.3, 0.4) is 0 Å². The third kappa shape index (κ3) is 1.06. The number of hydrogen-bond acceptors (Lipinski definition) is 3. The van der Waals surface area contributed by atoms with E-state index in [0.717, 1.165) is 19.6 Å². The zero-order valence-electron chi connectivity index (χ0n) is 7.61. The second-order valence-corrected chi connectivity index (χ2v) is 4.70. The summed E-state index contributed by atoms with van der Waals surface area (Å²) in [6, 6.07) is 0. The Labute approximate surface area is 77.3 Å². The first-order valence-corrected chi connectivity index (χ1v) is 4.99. The van der Waals surface area contributed by atoms with Crippen molar-refractivity contribution in [1.82, 2.24) is 4.90 Å². The Morgan fingerprint density at radius 1 is 1.31 bits per heavy atom. The average Bonchev–Trinajstić information content (AvgIpc) is 2.26. The van der Waals surface area contributed by atoms with Crippen LogP contribution in [-0.2, 0) is 4.79 Å². The van der Waals surface area contributed by atoms with Crippen molar-refractivity contribution in [2.45, 2.75) is 0 Å². The lowest BCUT2D eigenvalue weighted by Crippen LogP contribution is -2.59. The molecule has 4 nitrogen and oxygen atoms in total. The number of fused-ring (bicyclic) bond motifs is 1. The number of ketones is 1. The molecule has 4 heterocycles. The van der Waals surface area contributed by atoms with Crippen LogP contribution >= 0.6 is 0 Å². The van der Waals surface area contributed by atoms with Gasteiger partial charge in [0.05, 0.1) is 31.5 Å². The molecule has 4 aliphatic rings.